The summed E-state index contributed by atoms with van der Waals surface area (Å²) in [6, 6.07) is 6.73. The normalized spacial score (nSPS) is 10.3. The van der Waals surface area contributed by atoms with E-state index in [1.165, 1.54) is 0 Å². The summed E-state index contributed by atoms with van der Waals surface area (Å²) in [7, 11) is 0. The van der Waals surface area contributed by atoms with Gasteiger partial charge in [0.15, 0.2) is 0 Å². The molecule has 2 rings (SSSR count). The number of furan rings is 2. The average molecular weight is 147 g/mol. The molecule has 0 amide bonds. The monoisotopic (exact) mass is 147 g/mol. The molecule has 0 aromatic carbocycles. The van der Waals surface area contributed by atoms with E-state index in [2.05, 4.69) is 6.07 Å². The smallest absolute Gasteiger partial charge is 0.137 e. The van der Waals surface area contributed by atoms with Crippen LogP contribution in [-0.2, 0) is 0 Å². The molecular formula is C9H7O2. The van der Waals surface area contributed by atoms with Crippen molar-refractivity contribution in [2.75, 3.05) is 0 Å². The van der Waals surface area contributed by atoms with Gasteiger partial charge in [0.25, 0.3) is 0 Å². The lowest BCUT2D eigenvalue weighted by molar-refractivity contribution is 0.531. The lowest BCUT2D eigenvalue weighted by Gasteiger charge is -1.83. The van der Waals surface area contributed by atoms with Crippen molar-refractivity contribution in [1.29, 1.82) is 0 Å². The fourth-order valence-electron chi connectivity index (χ4n) is 0.947. The molecule has 0 atom stereocenters. The molecule has 0 N–H and O–H groups in total. The van der Waals surface area contributed by atoms with Crippen LogP contribution in [0.1, 0.15) is 5.76 Å². The third-order valence-electron chi connectivity index (χ3n) is 1.45. The lowest BCUT2D eigenvalue weighted by atomic mass is 10.2. The maximum absolute atomic E-state index is 5.14. The molecule has 2 heteroatoms. The molecule has 2 aromatic heterocycles. The minimum absolute atomic E-state index is 0.774. The zero-order chi connectivity index (χ0) is 7.68. The molecule has 0 fully saturated rings. The van der Waals surface area contributed by atoms with Gasteiger partial charge in [-0.15, -0.1) is 0 Å². The van der Waals surface area contributed by atoms with Crippen LogP contribution in [0.25, 0.3) is 11.3 Å². The van der Waals surface area contributed by atoms with Crippen molar-refractivity contribution < 1.29 is 8.83 Å². The van der Waals surface area contributed by atoms with Gasteiger partial charge in [-0.05, 0) is 19.1 Å². The maximum Gasteiger partial charge on any atom is 0.137 e. The Morgan fingerprint density at radius 1 is 1.36 bits per heavy atom. The fraction of sp³-hybridized carbons (Fsp3) is 0.111. The van der Waals surface area contributed by atoms with E-state index in [0.717, 1.165) is 17.1 Å². The van der Waals surface area contributed by atoms with Gasteiger partial charge in [0.05, 0.1) is 11.8 Å². The van der Waals surface area contributed by atoms with E-state index in [1.54, 1.807) is 12.5 Å². The Kier molecular flexibility index (Phi) is 1.32. The van der Waals surface area contributed by atoms with Crippen LogP contribution in [0.3, 0.4) is 0 Å². The van der Waals surface area contributed by atoms with E-state index in [0.29, 0.717) is 0 Å². The van der Waals surface area contributed by atoms with E-state index in [1.807, 2.05) is 19.1 Å². The first-order valence-electron chi connectivity index (χ1n) is 3.37. The van der Waals surface area contributed by atoms with Crippen molar-refractivity contribution in [2.24, 2.45) is 0 Å². The Morgan fingerprint density at radius 3 is 2.82 bits per heavy atom. The SMILES string of the molecule is Cc1[c]c(-c2ccco2)co1. The molecule has 0 aliphatic rings. The first-order chi connectivity index (χ1) is 5.36. The highest BCUT2D eigenvalue weighted by Gasteiger charge is 2.02. The lowest BCUT2D eigenvalue weighted by Crippen LogP contribution is -1.64. The molecule has 11 heavy (non-hydrogen) atoms. The Morgan fingerprint density at radius 2 is 2.27 bits per heavy atom. The highest BCUT2D eigenvalue weighted by Crippen LogP contribution is 2.20. The van der Waals surface area contributed by atoms with Crippen LogP contribution in [-0.4, -0.2) is 0 Å². The van der Waals surface area contributed by atoms with Gasteiger partial charge in [-0.1, -0.05) is 0 Å². The van der Waals surface area contributed by atoms with Crippen LogP contribution in [0.2, 0.25) is 0 Å². The van der Waals surface area contributed by atoms with E-state index >= 15 is 0 Å². The minimum atomic E-state index is 0.774. The van der Waals surface area contributed by atoms with Crippen molar-refractivity contribution in [3.63, 3.8) is 0 Å². The summed E-state index contributed by atoms with van der Waals surface area (Å²) in [5.74, 6) is 1.57. The topological polar surface area (TPSA) is 26.3 Å². The average Bonchev–Trinajstić information content (AvgIpc) is 2.55. The van der Waals surface area contributed by atoms with Crippen molar-refractivity contribution >= 4 is 0 Å². The first-order valence-corrected chi connectivity index (χ1v) is 3.37. The molecule has 2 nitrogen and oxygen atoms in total. The van der Waals surface area contributed by atoms with Crippen LogP contribution in [0.5, 0.6) is 0 Å². The number of rotatable bonds is 1. The van der Waals surface area contributed by atoms with Gasteiger partial charge in [-0.2, -0.15) is 0 Å². The number of aryl methyl sites for hydroxylation is 1. The molecule has 0 aliphatic heterocycles. The van der Waals surface area contributed by atoms with E-state index in [9.17, 15) is 0 Å². The molecule has 2 aromatic rings. The van der Waals surface area contributed by atoms with E-state index < -0.39 is 0 Å². The molecule has 0 bridgehead atoms. The number of hydrogen-bond donors (Lipinski definition) is 0. The summed E-state index contributed by atoms with van der Waals surface area (Å²) in [6.07, 6.45) is 3.26. The second-order valence-corrected chi connectivity index (χ2v) is 2.31. The van der Waals surface area contributed by atoms with E-state index in [4.69, 9.17) is 8.83 Å². The van der Waals surface area contributed by atoms with Crippen LogP contribution in [0, 0.1) is 13.0 Å². The van der Waals surface area contributed by atoms with Gasteiger partial charge in [-0.3, -0.25) is 0 Å². The Labute approximate surface area is 64.4 Å². The molecule has 55 valence electrons. The summed E-state index contributed by atoms with van der Waals surface area (Å²) >= 11 is 0. The summed E-state index contributed by atoms with van der Waals surface area (Å²) in [4.78, 5) is 0. The van der Waals surface area contributed by atoms with Crippen molar-refractivity contribution in [3.8, 4) is 11.3 Å². The largest absolute Gasteiger partial charge is 0.468 e. The standard InChI is InChI=1S/C9H7O2/c1-7-5-8(6-11-7)9-3-2-4-10-9/h2-4,6H,1H3. The molecule has 0 saturated carbocycles. The zero-order valence-electron chi connectivity index (χ0n) is 6.13. The summed E-state index contributed by atoms with van der Waals surface area (Å²) in [5, 5.41) is 0. The van der Waals surface area contributed by atoms with Gasteiger partial charge in [0.2, 0.25) is 0 Å². The minimum Gasteiger partial charge on any atom is -0.468 e. The van der Waals surface area contributed by atoms with E-state index in [-0.39, 0.29) is 0 Å². The van der Waals surface area contributed by atoms with Crippen molar-refractivity contribution in [2.45, 2.75) is 6.92 Å². The predicted octanol–water partition coefficient (Wildman–Crippen LogP) is 2.65. The molecule has 0 aliphatic carbocycles. The zero-order valence-corrected chi connectivity index (χ0v) is 6.13. The molecule has 0 saturated heterocycles. The van der Waals surface area contributed by atoms with Crippen molar-refractivity contribution in [3.05, 3.63) is 36.5 Å². The quantitative estimate of drug-likeness (QED) is 0.619. The van der Waals surface area contributed by atoms with Gasteiger partial charge in [-0.25, -0.2) is 0 Å². The highest BCUT2D eigenvalue weighted by atomic mass is 16.3. The third kappa shape index (κ3) is 1.07. The Balaban J connectivity index is 2.45. The van der Waals surface area contributed by atoms with Crippen LogP contribution < -0.4 is 0 Å². The van der Waals surface area contributed by atoms with Crippen LogP contribution >= 0.6 is 0 Å². The summed E-state index contributed by atoms with van der Waals surface area (Å²) in [6.45, 7) is 1.85. The Bertz CT molecular complexity index is 330. The fourth-order valence-corrected chi connectivity index (χ4v) is 0.947. The summed E-state index contributed by atoms with van der Waals surface area (Å²) in [5.41, 5.74) is 0.868. The third-order valence-corrected chi connectivity index (χ3v) is 1.45. The molecule has 1 radical (unpaired) electrons. The molecule has 0 spiro atoms. The highest BCUT2D eigenvalue weighted by molar-refractivity contribution is 5.54. The Hall–Kier alpha value is -1.44. The second-order valence-electron chi connectivity index (χ2n) is 2.31. The number of hydrogen-bond acceptors (Lipinski definition) is 2. The van der Waals surface area contributed by atoms with Crippen LogP contribution in [0.4, 0.5) is 0 Å². The van der Waals surface area contributed by atoms with Gasteiger partial charge in [0, 0.05) is 6.07 Å². The first kappa shape index (κ1) is 6.28. The predicted molar refractivity (Wildman–Crippen MR) is 40.0 cm³/mol. The second kappa shape index (κ2) is 2.31. The maximum atomic E-state index is 5.14. The van der Waals surface area contributed by atoms with Gasteiger partial charge >= 0.3 is 0 Å². The van der Waals surface area contributed by atoms with Gasteiger partial charge < -0.3 is 8.83 Å². The van der Waals surface area contributed by atoms with Crippen LogP contribution in [0.15, 0.2) is 33.5 Å². The molecule has 0 unspecified atom stereocenters. The molecule has 2 heterocycles. The van der Waals surface area contributed by atoms with Gasteiger partial charge in [0.1, 0.15) is 17.8 Å². The molecular weight excluding hydrogens is 140 g/mol. The summed E-state index contributed by atoms with van der Waals surface area (Å²) < 4.78 is 10.2. The van der Waals surface area contributed by atoms with Crippen molar-refractivity contribution in [1.82, 2.24) is 0 Å².